The van der Waals surface area contributed by atoms with Gasteiger partial charge in [-0.05, 0) is 56.7 Å². The summed E-state index contributed by atoms with van der Waals surface area (Å²) in [5.41, 5.74) is 3.58. The first-order valence-electron chi connectivity index (χ1n) is 9.73. The zero-order valence-electron chi connectivity index (χ0n) is 16.9. The lowest BCUT2D eigenvalue weighted by Gasteiger charge is -2.35. The van der Waals surface area contributed by atoms with Crippen LogP contribution in [0.15, 0.2) is 64.6 Å². The van der Waals surface area contributed by atoms with Gasteiger partial charge < -0.3 is 10.1 Å². The molecule has 3 aromatic rings. The summed E-state index contributed by atoms with van der Waals surface area (Å²) in [6, 6.07) is 12.4. The van der Waals surface area contributed by atoms with Crippen LogP contribution in [0.3, 0.4) is 0 Å². The second kappa shape index (κ2) is 7.10. The maximum Gasteiger partial charge on any atom is 0.158 e. The van der Waals surface area contributed by atoms with E-state index >= 15 is 0 Å². The summed E-state index contributed by atoms with van der Waals surface area (Å²) in [5, 5.41) is 4.51. The molecule has 1 spiro atoms. The van der Waals surface area contributed by atoms with Gasteiger partial charge in [0.25, 0.3) is 0 Å². The Kier molecular flexibility index (Phi) is 4.63. The van der Waals surface area contributed by atoms with Gasteiger partial charge in [0, 0.05) is 44.8 Å². The van der Waals surface area contributed by atoms with Gasteiger partial charge in [-0.15, -0.1) is 0 Å². The fraction of sp³-hybridized carbons (Fsp3) is 0.261. The molecule has 30 heavy (non-hydrogen) atoms. The van der Waals surface area contributed by atoms with E-state index in [1.807, 2.05) is 30.6 Å². The van der Waals surface area contributed by atoms with E-state index in [-0.39, 0.29) is 5.54 Å². The van der Waals surface area contributed by atoms with E-state index in [0.717, 1.165) is 49.1 Å². The van der Waals surface area contributed by atoms with Crippen LogP contribution < -0.4 is 10.1 Å². The average Bonchev–Trinajstić information content (AvgIpc) is 3.12. The Morgan fingerprint density at radius 2 is 1.70 bits per heavy atom. The molecule has 7 heteroatoms. The standard InChI is InChI=1S/C23H21BrN4OS/c1-22(2,3)27-21-28-23(12-30-21)17-8-14(15-10-25-13-26-11-15)4-6-19(17)29-20-7-5-16(24)9-18(20)23/h4-11,13H,12H2,1-3H3,(H,27,28). The maximum absolute atomic E-state index is 6.30. The fourth-order valence-electron chi connectivity index (χ4n) is 3.82. The fourth-order valence-corrected chi connectivity index (χ4v) is 5.50. The summed E-state index contributed by atoms with van der Waals surface area (Å²) in [6.45, 7) is 6.45. The second-order valence-electron chi connectivity index (χ2n) is 8.52. The van der Waals surface area contributed by atoms with Gasteiger partial charge in [0.05, 0.1) is 0 Å². The number of nitrogens with zero attached hydrogens (tertiary/aromatic N) is 3. The quantitative estimate of drug-likeness (QED) is 0.480. The number of aliphatic imine (C=N–C) groups is 1. The molecule has 5 nitrogen and oxygen atoms in total. The molecule has 1 N–H and O–H groups in total. The van der Waals surface area contributed by atoms with E-state index in [1.165, 1.54) is 0 Å². The lowest BCUT2D eigenvalue weighted by Crippen LogP contribution is -2.39. The molecule has 0 fully saturated rings. The number of hydrogen-bond donors (Lipinski definition) is 1. The molecule has 2 aliphatic rings. The molecule has 3 heterocycles. The molecule has 0 radical (unpaired) electrons. The van der Waals surface area contributed by atoms with E-state index in [1.54, 1.807) is 18.1 Å². The Morgan fingerprint density at radius 3 is 2.43 bits per heavy atom. The lowest BCUT2D eigenvalue weighted by atomic mass is 9.81. The molecule has 152 valence electrons. The molecular formula is C23H21BrN4OS. The van der Waals surface area contributed by atoms with Gasteiger partial charge >= 0.3 is 0 Å². The van der Waals surface area contributed by atoms with Gasteiger partial charge in [0.2, 0.25) is 0 Å². The van der Waals surface area contributed by atoms with Crippen molar-refractivity contribution in [3.8, 4) is 22.6 Å². The normalized spacial score (nSPS) is 19.7. The number of halogens is 1. The maximum atomic E-state index is 6.30. The van der Waals surface area contributed by atoms with Gasteiger partial charge in [-0.25, -0.2) is 15.0 Å². The molecule has 1 aromatic heterocycles. The number of fused-ring (bicyclic) bond motifs is 4. The van der Waals surface area contributed by atoms with Crippen LogP contribution in [-0.2, 0) is 5.54 Å². The number of nitrogens with one attached hydrogen (secondary N) is 1. The third-order valence-corrected chi connectivity index (χ3v) is 6.64. The Hall–Kier alpha value is -2.38. The van der Waals surface area contributed by atoms with Crippen molar-refractivity contribution >= 4 is 32.9 Å². The second-order valence-corrected chi connectivity index (χ2v) is 10.4. The van der Waals surface area contributed by atoms with Crippen molar-refractivity contribution in [2.45, 2.75) is 31.8 Å². The van der Waals surface area contributed by atoms with E-state index in [0.29, 0.717) is 0 Å². The predicted octanol–water partition coefficient (Wildman–Crippen LogP) is 5.75. The summed E-state index contributed by atoms with van der Waals surface area (Å²) < 4.78 is 7.31. The highest BCUT2D eigenvalue weighted by Gasteiger charge is 2.46. The number of aromatic nitrogens is 2. The number of ether oxygens (including phenoxy) is 1. The molecule has 0 saturated carbocycles. The zero-order valence-corrected chi connectivity index (χ0v) is 19.3. The van der Waals surface area contributed by atoms with Crippen molar-refractivity contribution in [3.05, 3.63) is 70.7 Å². The third-order valence-electron chi connectivity index (χ3n) is 5.12. The number of thioether (sulfide) groups is 1. The summed E-state index contributed by atoms with van der Waals surface area (Å²) >= 11 is 5.39. The number of rotatable bonds is 1. The van der Waals surface area contributed by atoms with Crippen LogP contribution in [0.4, 0.5) is 0 Å². The first-order chi connectivity index (χ1) is 14.3. The van der Waals surface area contributed by atoms with Crippen molar-refractivity contribution in [1.82, 2.24) is 15.3 Å². The van der Waals surface area contributed by atoms with Crippen molar-refractivity contribution < 1.29 is 4.74 Å². The van der Waals surface area contributed by atoms with Crippen molar-refractivity contribution in [1.29, 1.82) is 0 Å². The van der Waals surface area contributed by atoms with Crippen LogP contribution in [-0.4, -0.2) is 26.4 Å². The minimum absolute atomic E-state index is 0.0608. The monoisotopic (exact) mass is 480 g/mol. The smallest absolute Gasteiger partial charge is 0.158 e. The van der Waals surface area contributed by atoms with Gasteiger partial charge in [0.15, 0.2) is 5.17 Å². The highest BCUT2D eigenvalue weighted by Crippen LogP contribution is 2.54. The van der Waals surface area contributed by atoms with Crippen LogP contribution in [0.25, 0.3) is 11.1 Å². The average molecular weight is 481 g/mol. The summed E-state index contributed by atoms with van der Waals surface area (Å²) in [4.78, 5) is 13.6. The number of hydrogen-bond acceptors (Lipinski definition) is 6. The summed E-state index contributed by atoms with van der Waals surface area (Å²) in [6.07, 6.45) is 5.20. The molecule has 0 saturated heterocycles. The van der Waals surface area contributed by atoms with Crippen molar-refractivity contribution in [3.63, 3.8) is 0 Å². The van der Waals surface area contributed by atoms with Gasteiger partial charge in [-0.2, -0.15) is 0 Å². The zero-order chi connectivity index (χ0) is 20.9. The predicted molar refractivity (Wildman–Crippen MR) is 125 cm³/mol. The van der Waals surface area contributed by atoms with Gasteiger partial charge in [0.1, 0.15) is 23.4 Å². The number of benzene rings is 2. The van der Waals surface area contributed by atoms with Crippen LogP contribution in [0.2, 0.25) is 0 Å². The largest absolute Gasteiger partial charge is 0.457 e. The molecule has 0 aliphatic carbocycles. The van der Waals surface area contributed by atoms with E-state index in [4.69, 9.17) is 9.73 Å². The van der Waals surface area contributed by atoms with Crippen molar-refractivity contribution in [2.75, 3.05) is 5.75 Å². The first kappa shape index (κ1) is 19.6. The topological polar surface area (TPSA) is 59.4 Å². The highest BCUT2D eigenvalue weighted by atomic mass is 79.9. The van der Waals surface area contributed by atoms with Crippen LogP contribution in [0.1, 0.15) is 31.9 Å². The number of amidine groups is 1. The molecule has 0 amide bonds. The summed E-state index contributed by atoms with van der Waals surface area (Å²) in [7, 11) is 0. The Balaban J connectivity index is 1.71. The van der Waals surface area contributed by atoms with E-state index in [2.05, 4.69) is 70.2 Å². The third kappa shape index (κ3) is 3.40. The molecule has 2 aromatic carbocycles. The Labute approximate surface area is 188 Å². The van der Waals surface area contributed by atoms with Crippen molar-refractivity contribution in [2.24, 2.45) is 4.99 Å². The minimum Gasteiger partial charge on any atom is -0.457 e. The van der Waals surface area contributed by atoms with Crippen LogP contribution >= 0.6 is 27.7 Å². The van der Waals surface area contributed by atoms with E-state index < -0.39 is 5.54 Å². The molecule has 0 bridgehead atoms. The van der Waals surface area contributed by atoms with Crippen LogP contribution in [0.5, 0.6) is 11.5 Å². The Morgan fingerprint density at radius 1 is 1.00 bits per heavy atom. The van der Waals surface area contributed by atoms with E-state index in [9.17, 15) is 0 Å². The highest BCUT2D eigenvalue weighted by molar-refractivity contribution is 9.10. The lowest BCUT2D eigenvalue weighted by molar-refractivity contribution is 0.415. The summed E-state index contributed by atoms with van der Waals surface area (Å²) in [5.74, 6) is 2.50. The SMILES string of the molecule is CC(C)(C)NC1=NC2(CS1)c1cc(Br)ccc1Oc1ccc(-c3cncnc3)cc12. The molecule has 1 atom stereocenters. The molecule has 5 rings (SSSR count). The Bertz CT molecular complexity index is 1160. The first-order valence-corrected chi connectivity index (χ1v) is 11.5. The van der Waals surface area contributed by atoms with Gasteiger partial charge in [-0.1, -0.05) is 33.8 Å². The molecule has 1 unspecified atom stereocenters. The van der Waals surface area contributed by atoms with Crippen LogP contribution in [0, 0.1) is 0 Å². The molecular weight excluding hydrogens is 460 g/mol. The van der Waals surface area contributed by atoms with Gasteiger partial charge in [-0.3, -0.25) is 0 Å². The minimum atomic E-state index is -0.517. The molecule has 2 aliphatic heterocycles.